The highest BCUT2D eigenvalue weighted by Crippen LogP contribution is 2.38. The van der Waals surface area contributed by atoms with Crippen LogP contribution < -0.4 is 14.8 Å². The number of hydrogen-bond acceptors (Lipinski definition) is 5. The summed E-state index contributed by atoms with van der Waals surface area (Å²) >= 11 is 0. The van der Waals surface area contributed by atoms with Crippen LogP contribution in [0.5, 0.6) is 11.5 Å². The zero-order chi connectivity index (χ0) is 27.4. The Hall–Kier alpha value is -2.77. The summed E-state index contributed by atoms with van der Waals surface area (Å²) in [6, 6.07) is 5.58. The molecule has 0 aliphatic carbocycles. The molecule has 0 spiro atoms. The number of nitrogens with zero attached hydrogens (tertiary/aromatic N) is 2. The van der Waals surface area contributed by atoms with Crippen LogP contribution >= 0.6 is 0 Å². The van der Waals surface area contributed by atoms with Gasteiger partial charge in [-0.1, -0.05) is 26.8 Å². The normalized spacial score (nSPS) is 28.9. The molecule has 0 aromatic heterocycles. The number of benzene rings is 1. The molecule has 0 unspecified atom stereocenters. The van der Waals surface area contributed by atoms with Gasteiger partial charge in [-0.05, 0) is 67.9 Å². The van der Waals surface area contributed by atoms with Crippen LogP contribution in [0.2, 0.25) is 0 Å². The van der Waals surface area contributed by atoms with Crippen molar-refractivity contribution in [1.29, 1.82) is 0 Å². The number of likely N-dealkylation sites (tertiary alicyclic amines) is 1. The summed E-state index contributed by atoms with van der Waals surface area (Å²) in [6.07, 6.45) is 5.35. The summed E-state index contributed by atoms with van der Waals surface area (Å²) in [5.74, 6) is 2.33. The quantitative estimate of drug-likeness (QED) is 0.636. The predicted molar refractivity (Wildman–Crippen MR) is 146 cm³/mol. The molecule has 1 N–H and O–H groups in total. The van der Waals surface area contributed by atoms with E-state index in [0.717, 1.165) is 32.1 Å². The van der Waals surface area contributed by atoms with Crippen LogP contribution in [-0.2, 0) is 9.59 Å². The van der Waals surface area contributed by atoms with Crippen LogP contribution in [0.1, 0.15) is 76.1 Å². The van der Waals surface area contributed by atoms with Gasteiger partial charge >= 0.3 is 0 Å². The van der Waals surface area contributed by atoms with Crippen molar-refractivity contribution in [3.05, 3.63) is 23.8 Å². The van der Waals surface area contributed by atoms with E-state index < -0.39 is 0 Å². The van der Waals surface area contributed by atoms with Gasteiger partial charge in [0.05, 0.1) is 19.8 Å². The monoisotopic (exact) mass is 527 g/mol. The highest BCUT2D eigenvalue weighted by atomic mass is 16.5. The summed E-state index contributed by atoms with van der Waals surface area (Å²) in [5, 5.41) is 3.25. The number of methoxy groups -OCH3 is 2. The van der Waals surface area contributed by atoms with Crippen LogP contribution in [0.25, 0.3) is 0 Å². The SMILES string of the molecule is COc1cccc(C(=O)N2C[C@@H]3C[C@H](C2)[C@@H]2CCCC(=O)N[C@H](C(C)C)CC[C@@H](C)CC(=O)N2C3)c1OC. The second-order valence-corrected chi connectivity index (χ2v) is 11.9. The summed E-state index contributed by atoms with van der Waals surface area (Å²) in [4.78, 5) is 44.1. The van der Waals surface area contributed by atoms with Gasteiger partial charge in [0.25, 0.3) is 5.91 Å². The maximum Gasteiger partial charge on any atom is 0.257 e. The lowest BCUT2D eigenvalue weighted by Gasteiger charge is -2.51. The van der Waals surface area contributed by atoms with E-state index in [1.165, 1.54) is 0 Å². The minimum Gasteiger partial charge on any atom is -0.493 e. The molecule has 4 rings (SSSR count). The van der Waals surface area contributed by atoms with E-state index in [0.29, 0.717) is 55.5 Å². The van der Waals surface area contributed by atoms with E-state index in [9.17, 15) is 14.4 Å². The topological polar surface area (TPSA) is 88.2 Å². The Balaban J connectivity index is 1.53. The molecule has 0 saturated carbocycles. The Morgan fingerprint density at radius 1 is 1.05 bits per heavy atom. The zero-order valence-corrected chi connectivity index (χ0v) is 23.7. The van der Waals surface area contributed by atoms with E-state index in [1.54, 1.807) is 26.4 Å². The second kappa shape index (κ2) is 12.4. The fraction of sp³-hybridized carbons (Fsp3) is 0.700. The van der Waals surface area contributed by atoms with Crippen molar-refractivity contribution in [3.8, 4) is 11.5 Å². The first-order valence-electron chi connectivity index (χ1n) is 14.3. The molecule has 3 heterocycles. The fourth-order valence-electron chi connectivity index (χ4n) is 6.70. The minimum atomic E-state index is -0.0624. The van der Waals surface area contributed by atoms with Crippen molar-refractivity contribution >= 4 is 17.7 Å². The van der Waals surface area contributed by atoms with Crippen LogP contribution in [0.15, 0.2) is 18.2 Å². The first-order valence-corrected chi connectivity index (χ1v) is 14.3. The third-order valence-corrected chi connectivity index (χ3v) is 8.76. The molecule has 8 nitrogen and oxygen atoms in total. The largest absolute Gasteiger partial charge is 0.493 e. The lowest BCUT2D eigenvalue weighted by atomic mass is 9.77. The highest BCUT2D eigenvalue weighted by Gasteiger charge is 2.44. The number of hydrogen-bond donors (Lipinski definition) is 1. The number of carbonyl (C=O) groups is 3. The van der Waals surface area contributed by atoms with Gasteiger partial charge in [-0.3, -0.25) is 14.4 Å². The molecular weight excluding hydrogens is 482 g/mol. The maximum atomic E-state index is 13.7. The van der Waals surface area contributed by atoms with Gasteiger partial charge in [0.15, 0.2) is 11.5 Å². The molecular formula is C30H45N3O5. The third kappa shape index (κ3) is 6.26. The van der Waals surface area contributed by atoms with Gasteiger partial charge in [-0.2, -0.15) is 0 Å². The molecule has 1 aromatic carbocycles. The van der Waals surface area contributed by atoms with Gasteiger partial charge < -0.3 is 24.6 Å². The molecule has 3 aliphatic rings. The Labute approximate surface area is 227 Å². The molecule has 1 aromatic rings. The first kappa shape index (κ1) is 28.2. The smallest absolute Gasteiger partial charge is 0.257 e. The maximum absolute atomic E-state index is 13.7. The van der Waals surface area contributed by atoms with E-state index in [4.69, 9.17) is 9.47 Å². The summed E-state index contributed by atoms with van der Waals surface area (Å²) < 4.78 is 11.0. The molecule has 38 heavy (non-hydrogen) atoms. The van der Waals surface area contributed by atoms with E-state index in [1.807, 2.05) is 11.0 Å². The molecule has 5 atom stereocenters. The van der Waals surface area contributed by atoms with Crippen molar-refractivity contribution in [2.75, 3.05) is 33.9 Å². The van der Waals surface area contributed by atoms with Gasteiger partial charge in [-0.15, -0.1) is 0 Å². The van der Waals surface area contributed by atoms with E-state index >= 15 is 0 Å². The number of rotatable bonds is 4. The highest BCUT2D eigenvalue weighted by molar-refractivity contribution is 5.98. The van der Waals surface area contributed by atoms with Gasteiger partial charge in [0.2, 0.25) is 11.8 Å². The lowest BCUT2D eigenvalue weighted by molar-refractivity contribution is -0.141. The van der Waals surface area contributed by atoms with Gasteiger partial charge in [0.1, 0.15) is 0 Å². The fourth-order valence-corrected chi connectivity index (χ4v) is 6.70. The Kier molecular flexibility index (Phi) is 9.21. The molecule has 2 bridgehead atoms. The average molecular weight is 528 g/mol. The molecule has 3 saturated heterocycles. The summed E-state index contributed by atoms with van der Waals surface area (Å²) in [5.41, 5.74) is 0.500. The number of fused-ring (bicyclic) bond motifs is 4. The van der Waals surface area contributed by atoms with Crippen molar-refractivity contribution in [1.82, 2.24) is 15.1 Å². The van der Waals surface area contributed by atoms with Crippen molar-refractivity contribution in [2.24, 2.45) is 23.7 Å². The number of ether oxygens (including phenoxy) is 2. The Bertz CT molecular complexity index is 1010. The van der Waals surface area contributed by atoms with Gasteiger partial charge in [-0.25, -0.2) is 0 Å². The number of nitrogens with one attached hydrogen (secondary N) is 1. The zero-order valence-electron chi connectivity index (χ0n) is 23.7. The summed E-state index contributed by atoms with van der Waals surface area (Å²) in [7, 11) is 3.12. The number of carbonyl (C=O) groups excluding carboxylic acids is 3. The molecule has 3 fully saturated rings. The predicted octanol–water partition coefficient (Wildman–Crippen LogP) is 4.12. The molecule has 8 heteroatoms. The molecule has 3 aliphatic heterocycles. The van der Waals surface area contributed by atoms with Crippen LogP contribution in [0.4, 0.5) is 0 Å². The number of amides is 3. The average Bonchev–Trinajstić information content (AvgIpc) is 2.90. The molecule has 210 valence electrons. The number of para-hydroxylation sites is 1. The second-order valence-electron chi connectivity index (χ2n) is 11.9. The summed E-state index contributed by atoms with van der Waals surface area (Å²) in [6.45, 7) is 8.34. The Morgan fingerprint density at radius 2 is 1.84 bits per heavy atom. The standard InChI is InChI=1S/C30H45N3O5/c1-19(2)24-13-12-20(3)14-28(35)33-17-21-15-22(25(33)9-7-11-27(34)31-24)18-32(16-21)30(36)23-8-6-10-26(37-4)29(23)38-5/h6,8,10,19-22,24-25H,7,9,11-18H2,1-5H3,(H,31,34)/t20-,21+,22-,24+,25+/m1/s1. The first-order chi connectivity index (χ1) is 18.2. The van der Waals surface area contributed by atoms with Crippen molar-refractivity contribution in [2.45, 2.75) is 77.8 Å². The van der Waals surface area contributed by atoms with Crippen LogP contribution in [0, 0.1) is 23.7 Å². The third-order valence-electron chi connectivity index (χ3n) is 8.76. The van der Waals surface area contributed by atoms with Crippen LogP contribution in [-0.4, -0.2) is 73.5 Å². The van der Waals surface area contributed by atoms with E-state index in [-0.39, 0.29) is 47.6 Å². The molecule has 0 radical (unpaired) electrons. The molecule has 3 amide bonds. The van der Waals surface area contributed by atoms with Crippen molar-refractivity contribution in [3.63, 3.8) is 0 Å². The minimum absolute atomic E-state index is 0.0446. The van der Waals surface area contributed by atoms with Crippen LogP contribution in [0.3, 0.4) is 0 Å². The number of piperidine rings is 2. The van der Waals surface area contributed by atoms with Crippen molar-refractivity contribution < 1.29 is 23.9 Å². The lowest BCUT2D eigenvalue weighted by Crippen LogP contribution is -2.60. The Morgan fingerprint density at radius 3 is 2.55 bits per heavy atom. The van der Waals surface area contributed by atoms with E-state index in [2.05, 4.69) is 31.0 Å². The van der Waals surface area contributed by atoms with Gasteiger partial charge in [0, 0.05) is 44.6 Å².